The Hall–Kier alpha value is -3.72. The highest BCUT2D eigenvalue weighted by Crippen LogP contribution is 2.30. The Kier molecular flexibility index (Phi) is 10.4. The highest BCUT2D eigenvalue weighted by molar-refractivity contribution is 7.09. The van der Waals surface area contributed by atoms with E-state index in [-0.39, 0.29) is 0 Å². The van der Waals surface area contributed by atoms with Crippen molar-refractivity contribution < 1.29 is 19.1 Å². The summed E-state index contributed by atoms with van der Waals surface area (Å²) in [6, 6.07) is 9.26. The summed E-state index contributed by atoms with van der Waals surface area (Å²) in [4.78, 5) is 31.5. The number of ketones is 1. The van der Waals surface area contributed by atoms with Crippen LogP contribution in [0.1, 0.15) is 40.6 Å². The van der Waals surface area contributed by atoms with Crippen molar-refractivity contribution >= 4 is 40.0 Å². The van der Waals surface area contributed by atoms with Crippen LogP contribution in [0.25, 0.3) is 10.9 Å². The number of hydrogen-bond acceptors (Lipinski definition) is 8. The summed E-state index contributed by atoms with van der Waals surface area (Å²) in [5.41, 5.74) is 4.07. The van der Waals surface area contributed by atoms with Gasteiger partial charge in [0.05, 0.1) is 26.3 Å². The molecule has 0 amide bonds. The molecule has 0 saturated carbocycles. The number of carbonyl (C=O) groups excluding carboxylic acids is 2. The third kappa shape index (κ3) is 6.66. The number of ether oxygens (including phenoxy) is 2. The van der Waals surface area contributed by atoms with Gasteiger partial charge in [-0.3, -0.25) is 9.59 Å². The number of Topliss-reactive ketones (excluding diaryl/α,β-unsaturated/α-hetero) is 1. The average Bonchev–Trinajstić information content (AvgIpc) is 3.44. The first-order chi connectivity index (χ1) is 16.9. The van der Waals surface area contributed by atoms with E-state index in [9.17, 15) is 9.59 Å². The third-order valence-electron chi connectivity index (χ3n) is 5.08. The lowest BCUT2D eigenvalue weighted by molar-refractivity contribution is -0.104. The van der Waals surface area contributed by atoms with Crippen molar-refractivity contribution in [3.63, 3.8) is 0 Å². The standard InChI is InChI=1S/C17H16N2O3S.C7H10N2O.C2H6/c1-10-9-23-16(18-10)7-19-11(2)17(15(21)8-20)13-6-12(22-3)4-5-14(13)19;1-8-6-3-4-9-7(5-6)10-2;1-2/h4-6,8-9H,7H2,1-3H3;3-5H,1-2H3,(H,8,9);1-2H3. The van der Waals surface area contributed by atoms with E-state index in [0.717, 1.165) is 33.0 Å². The molecule has 1 aromatic carbocycles. The fraction of sp³-hybridized carbons (Fsp3) is 0.308. The Bertz CT molecular complexity index is 1260. The number of benzene rings is 1. The summed E-state index contributed by atoms with van der Waals surface area (Å²) in [7, 11) is 5.03. The molecule has 0 aliphatic heterocycles. The van der Waals surface area contributed by atoms with Crippen LogP contribution in [-0.4, -0.2) is 47.9 Å². The van der Waals surface area contributed by atoms with E-state index in [1.165, 1.54) is 0 Å². The Balaban J connectivity index is 0.000000302. The predicted octanol–water partition coefficient (Wildman–Crippen LogP) is 5.31. The smallest absolute Gasteiger partial charge is 0.227 e. The first-order valence-electron chi connectivity index (χ1n) is 11.2. The molecule has 1 N–H and O–H groups in total. The van der Waals surface area contributed by atoms with Crippen molar-refractivity contribution in [3.05, 3.63) is 63.9 Å². The van der Waals surface area contributed by atoms with Crippen LogP contribution in [0.4, 0.5) is 5.69 Å². The summed E-state index contributed by atoms with van der Waals surface area (Å²) in [5, 5.41) is 6.67. The molecule has 0 radical (unpaired) electrons. The Morgan fingerprint density at radius 3 is 2.46 bits per heavy atom. The van der Waals surface area contributed by atoms with Gasteiger partial charge in [-0.1, -0.05) is 13.8 Å². The van der Waals surface area contributed by atoms with Crippen molar-refractivity contribution in [2.75, 3.05) is 26.6 Å². The maximum Gasteiger partial charge on any atom is 0.227 e. The molecule has 4 rings (SSSR count). The summed E-state index contributed by atoms with van der Waals surface area (Å²) in [6.45, 7) is 8.37. The van der Waals surface area contributed by atoms with Gasteiger partial charge < -0.3 is 19.4 Å². The van der Waals surface area contributed by atoms with E-state index >= 15 is 0 Å². The van der Waals surface area contributed by atoms with Crippen molar-refractivity contribution in [2.45, 2.75) is 34.2 Å². The Labute approximate surface area is 209 Å². The van der Waals surface area contributed by atoms with Crippen LogP contribution in [0.3, 0.4) is 0 Å². The highest BCUT2D eigenvalue weighted by Gasteiger charge is 2.20. The number of pyridine rings is 1. The number of rotatable bonds is 7. The number of aldehydes is 1. The van der Waals surface area contributed by atoms with Gasteiger partial charge in [0, 0.05) is 52.7 Å². The van der Waals surface area contributed by atoms with Gasteiger partial charge in [0.15, 0.2) is 6.29 Å². The number of aryl methyl sites for hydroxylation is 1. The Morgan fingerprint density at radius 2 is 1.89 bits per heavy atom. The molecule has 186 valence electrons. The number of carbonyl (C=O) groups is 2. The van der Waals surface area contributed by atoms with Crippen LogP contribution in [0, 0.1) is 13.8 Å². The van der Waals surface area contributed by atoms with Gasteiger partial charge in [0.25, 0.3) is 0 Å². The van der Waals surface area contributed by atoms with E-state index in [1.807, 2.05) is 69.0 Å². The van der Waals surface area contributed by atoms with E-state index in [0.29, 0.717) is 30.0 Å². The fourth-order valence-corrected chi connectivity index (χ4v) is 4.21. The quantitative estimate of drug-likeness (QED) is 0.210. The van der Waals surface area contributed by atoms with Gasteiger partial charge in [0.2, 0.25) is 11.7 Å². The maximum absolute atomic E-state index is 12.1. The molecule has 35 heavy (non-hydrogen) atoms. The van der Waals surface area contributed by atoms with E-state index < -0.39 is 5.78 Å². The predicted molar refractivity (Wildman–Crippen MR) is 141 cm³/mol. The number of hydrogen-bond donors (Lipinski definition) is 1. The molecule has 3 heterocycles. The number of aromatic nitrogens is 3. The van der Waals surface area contributed by atoms with E-state index in [4.69, 9.17) is 9.47 Å². The third-order valence-corrected chi connectivity index (χ3v) is 6.03. The van der Waals surface area contributed by atoms with Crippen molar-refractivity contribution in [2.24, 2.45) is 0 Å². The highest BCUT2D eigenvalue weighted by atomic mass is 32.1. The van der Waals surface area contributed by atoms with Gasteiger partial charge in [-0.2, -0.15) is 0 Å². The van der Waals surface area contributed by atoms with Crippen LogP contribution in [0.5, 0.6) is 11.6 Å². The molecular formula is C26H32N4O4S. The van der Waals surface area contributed by atoms with Crippen molar-refractivity contribution in [3.8, 4) is 11.6 Å². The van der Waals surface area contributed by atoms with Crippen molar-refractivity contribution in [1.29, 1.82) is 0 Å². The molecule has 0 spiro atoms. The molecular weight excluding hydrogens is 464 g/mol. The summed E-state index contributed by atoms with van der Waals surface area (Å²) < 4.78 is 12.2. The molecule has 0 unspecified atom stereocenters. The first-order valence-corrected chi connectivity index (χ1v) is 12.0. The lowest BCUT2D eigenvalue weighted by atomic mass is 10.1. The largest absolute Gasteiger partial charge is 0.497 e. The normalized spacial score (nSPS) is 9.91. The van der Waals surface area contributed by atoms with Crippen molar-refractivity contribution in [1.82, 2.24) is 14.5 Å². The fourth-order valence-electron chi connectivity index (χ4n) is 3.45. The zero-order valence-electron chi connectivity index (χ0n) is 21.2. The molecule has 4 aromatic rings. The topological polar surface area (TPSA) is 95.3 Å². The summed E-state index contributed by atoms with van der Waals surface area (Å²) in [6.07, 6.45) is 2.06. The SMILES string of the molecule is CC.CNc1ccnc(OC)c1.COc1ccc2c(c1)c(C(=O)C=O)c(C)n2Cc1nc(C)cs1. The molecule has 0 saturated heterocycles. The molecule has 0 fully saturated rings. The van der Waals surface area contributed by atoms with Crippen LogP contribution >= 0.6 is 11.3 Å². The number of nitrogens with zero attached hydrogens (tertiary/aromatic N) is 3. The molecule has 0 aliphatic carbocycles. The van der Waals surface area contributed by atoms with Crippen LogP contribution < -0.4 is 14.8 Å². The van der Waals surface area contributed by atoms with Crippen LogP contribution in [-0.2, 0) is 11.3 Å². The number of thiazole rings is 1. The average molecular weight is 497 g/mol. The molecule has 0 bridgehead atoms. The minimum Gasteiger partial charge on any atom is -0.497 e. The van der Waals surface area contributed by atoms with Gasteiger partial charge in [-0.05, 0) is 38.1 Å². The number of nitrogens with one attached hydrogen (secondary N) is 1. The minimum atomic E-state index is -0.519. The summed E-state index contributed by atoms with van der Waals surface area (Å²) >= 11 is 1.58. The molecule has 0 atom stereocenters. The molecule has 0 aliphatic rings. The zero-order chi connectivity index (χ0) is 26.0. The second-order valence-corrected chi connectivity index (χ2v) is 8.07. The van der Waals surface area contributed by atoms with Gasteiger partial charge in [-0.25, -0.2) is 9.97 Å². The van der Waals surface area contributed by atoms with E-state index in [1.54, 1.807) is 37.8 Å². The first kappa shape index (κ1) is 27.5. The van der Waals surface area contributed by atoms with Gasteiger partial charge in [0.1, 0.15) is 10.8 Å². The van der Waals surface area contributed by atoms with Crippen LogP contribution in [0.2, 0.25) is 0 Å². The molecule has 8 nitrogen and oxygen atoms in total. The second-order valence-electron chi connectivity index (χ2n) is 7.13. The monoisotopic (exact) mass is 496 g/mol. The van der Waals surface area contributed by atoms with Gasteiger partial charge in [-0.15, -0.1) is 11.3 Å². The second kappa shape index (κ2) is 13.2. The molecule has 9 heteroatoms. The maximum atomic E-state index is 12.1. The lowest BCUT2D eigenvalue weighted by Gasteiger charge is -2.06. The summed E-state index contributed by atoms with van der Waals surface area (Å²) in [5.74, 6) is 0.765. The number of fused-ring (bicyclic) bond motifs is 1. The Morgan fingerprint density at radius 1 is 1.14 bits per heavy atom. The number of methoxy groups -OCH3 is 2. The number of anilines is 1. The minimum absolute atomic E-state index is 0.360. The molecule has 3 aromatic heterocycles. The van der Waals surface area contributed by atoms with E-state index in [2.05, 4.69) is 15.3 Å². The van der Waals surface area contributed by atoms with Crippen LogP contribution in [0.15, 0.2) is 41.9 Å². The van der Waals surface area contributed by atoms with Gasteiger partial charge >= 0.3 is 0 Å². The lowest BCUT2D eigenvalue weighted by Crippen LogP contribution is -2.05. The zero-order valence-corrected chi connectivity index (χ0v) is 22.0.